The number of piperidine rings is 1. The number of rotatable bonds is 6. The molecule has 1 fully saturated rings. The molecular weight excluding hydrogens is 448 g/mol. The van der Waals surface area contributed by atoms with E-state index in [1.807, 2.05) is 16.4 Å². The van der Waals surface area contributed by atoms with E-state index in [-0.39, 0.29) is 18.2 Å². The first-order chi connectivity index (χ1) is 16.4. The highest BCUT2D eigenvalue weighted by molar-refractivity contribution is 8.00. The van der Waals surface area contributed by atoms with E-state index in [0.29, 0.717) is 11.9 Å². The van der Waals surface area contributed by atoms with E-state index in [0.717, 1.165) is 61.1 Å². The van der Waals surface area contributed by atoms with Crippen molar-refractivity contribution in [2.75, 3.05) is 26.3 Å². The van der Waals surface area contributed by atoms with Gasteiger partial charge in [-0.15, -0.1) is 11.8 Å². The van der Waals surface area contributed by atoms with Crippen LogP contribution >= 0.6 is 11.8 Å². The monoisotopic (exact) mass is 482 g/mol. The van der Waals surface area contributed by atoms with Gasteiger partial charge in [-0.1, -0.05) is 0 Å². The predicted octanol–water partition coefficient (Wildman–Crippen LogP) is 4.11. The third kappa shape index (κ3) is 4.48. The molecule has 9 heteroatoms. The number of thioether (sulfide) groups is 1. The van der Waals surface area contributed by atoms with Crippen molar-refractivity contribution in [2.24, 2.45) is 0 Å². The molecule has 0 spiro atoms. The largest absolute Gasteiger partial charge is 0.491 e. The molecule has 0 radical (unpaired) electrons. The lowest BCUT2D eigenvalue weighted by molar-refractivity contribution is 0.0437. The predicted molar refractivity (Wildman–Crippen MR) is 134 cm³/mol. The van der Waals surface area contributed by atoms with Crippen molar-refractivity contribution in [2.45, 2.75) is 68.8 Å². The standard InChI is InChI=1S/C25H34N6O2S/c1-17(2)31-24(26-16-27-31)21-14-29-11-12-33-22-6-5-19(13-20(22)23(29)28-21)34-18-7-9-30(10-8-18)25(3,4)15-32/h5-6,13-14,16-18,32H,7-12,15H2,1-4H3. The van der Waals surface area contributed by atoms with Crippen LogP contribution in [0.15, 0.2) is 35.6 Å². The molecule has 0 aliphatic carbocycles. The number of hydrogen-bond acceptors (Lipinski definition) is 7. The molecule has 182 valence electrons. The fourth-order valence-electron chi connectivity index (χ4n) is 4.73. The first-order valence-corrected chi connectivity index (χ1v) is 13.0. The van der Waals surface area contributed by atoms with Gasteiger partial charge in [-0.05, 0) is 71.8 Å². The summed E-state index contributed by atoms with van der Waals surface area (Å²) in [5, 5.41) is 14.6. The summed E-state index contributed by atoms with van der Waals surface area (Å²) in [6.07, 6.45) is 5.89. The first-order valence-electron chi connectivity index (χ1n) is 12.1. The number of likely N-dealkylation sites (tertiary alicyclic amines) is 1. The molecule has 2 aliphatic heterocycles. The second-order valence-corrected chi connectivity index (χ2v) is 11.4. The van der Waals surface area contributed by atoms with Gasteiger partial charge >= 0.3 is 0 Å². The number of imidazole rings is 1. The van der Waals surface area contributed by atoms with E-state index in [4.69, 9.17) is 9.72 Å². The molecule has 3 aromatic rings. The Morgan fingerprint density at radius 1 is 1.18 bits per heavy atom. The van der Waals surface area contributed by atoms with Crippen LogP contribution < -0.4 is 4.74 Å². The van der Waals surface area contributed by atoms with Crippen molar-refractivity contribution in [3.05, 3.63) is 30.7 Å². The zero-order valence-electron chi connectivity index (χ0n) is 20.4. The van der Waals surface area contributed by atoms with Crippen molar-refractivity contribution in [1.29, 1.82) is 0 Å². The lowest BCUT2D eigenvalue weighted by Crippen LogP contribution is -2.50. The zero-order chi connectivity index (χ0) is 23.9. The summed E-state index contributed by atoms with van der Waals surface area (Å²) < 4.78 is 10.1. The maximum atomic E-state index is 9.69. The lowest BCUT2D eigenvalue weighted by atomic mass is 9.99. The van der Waals surface area contributed by atoms with Gasteiger partial charge in [0, 0.05) is 27.9 Å². The smallest absolute Gasteiger partial charge is 0.178 e. The molecule has 0 bridgehead atoms. The van der Waals surface area contributed by atoms with Crippen molar-refractivity contribution < 1.29 is 9.84 Å². The number of aliphatic hydroxyl groups excluding tert-OH is 1. The average molecular weight is 483 g/mol. The highest BCUT2D eigenvalue weighted by Gasteiger charge is 2.30. The molecule has 34 heavy (non-hydrogen) atoms. The average Bonchev–Trinajstić information content (AvgIpc) is 3.44. The Labute approximate surface area is 205 Å². The van der Waals surface area contributed by atoms with Gasteiger partial charge in [-0.25, -0.2) is 14.6 Å². The van der Waals surface area contributed by atoms with E-state index in [9.17, 15) is 5.11 Å². The van der Waals surface area contributed by atoms with E-state index in [1.165, 1.54) is 4.90 Å². The van der Waals surface area contributed by atoms with Crippen molar-refractivity contribution in [3.8, 4) is 28.7 Å². The Hall–Kier alpha value is -2.36. The number of benzene rings is 1. The maximum absolute atomic E-state index is 9.69. The molecule has 0 amide bonds. The minimum absolute atomic E-state index is 0.147. The quantitative estimate of drug-likeness (QED) is 0.566. The SMILES string of the molecule is CC(C)n1ncnc1-c1cn2c(n1)-c1cc(SC3CCN(C(C)(C)CO)CC3)ccc1OCC2. The molecule has 5 rings (SSSR count). The summed E-state index contributed by atoms with van der Waals surface area (Å²) in [6.45, 7) is 12.0. The zero-order valence-corrected chi connectivity index (χ0v) is 21.3. The van der Waals surface area contributed by atoms with E-state index >= 15 is 0 Å². The molecule has 0 unspecified atom stereocenters. The maximum Gasteiger partial charge on any atom is 0.178 e. The van der Waals surface area contributed by atoms with Crippen LogP contribution in [0.5, 0.6) is 5.75 Å². The molecule has 0 atom stereocenters. The van der Waals surface area contributed by atoms with Gasteiger partial charge in [0.2, 0.25) is 0 Å². The minimum Gasteiger partial charge on any atom is -0.491 e. The molecule has 1 aromatic carbocycles. The first kappa shape index (κ1) is 23.4. The van der Waals surface area contributed by atoms with Gasteiger partial charge in [0.25, 0.3) is 0 Å². The highest BCUT2D eigenvalue weighted by atomic mass is 32.2. The summed E-state index contributed by atoms with van der Waals surface area (Å²) >= 11 is 1.94. The number of ether oxygens (including phenoxy) is 1. The van der Waals surface area contributed by atoms with Crippen LogP contribution in [0.1, 0.15) is 46.6 Å². The van der Waals surface area contributed by atoms with Crippen LogP contribution in [-0.4, -0.2) is 71.4 Å². The molecule has 8 nitrogen and oxygen atoms in total. The van der Waals surface area contributed by atoms with Crippen LogP contribution in [0.2, 0.25) is 0 Å². The number of hydrogen-bond donors (Lipinski definition) is 1. The Morgan fingerprint density at radius 2 is 1.97 bits per heavy atom. The van der Waals surface area contributed by atoms with E-state index < -0.39 is 0 Å². The van der Waals surface area contributed by atoms with Gasteiger partial charge in [0.15, 0.2) is 5.82 Å². The third-order valence-corrected chi connectivity index (χ3v) is 8.17. The van der Waals surface area contributed by atoms with Crippen molar-refractivity contribution >= 4 is 11.8 Å². The highest BCUT2D eigenvalue weighted by Crippen LogP contribution is 2.39. The fourth-order valence-corrected chi connectivity index (χ4v) is 5.89. The Bertz CT molecular complexity index is 1150. The molecule has 4 heterocycles. The van der Waals surface area contributed by atoms with Gasteiger partial charge in [-0.2, -0.15) is 5.10 Å². The number of fused-ring (bicyclic) bond motifs is 3. The van der Waals surface area contributed by atoms with Crippen molar-refractivity contribution in [3.63, 3.8) is 0 Å². The minimum atomic E-state index is -0.147. The van der Waals surface area contributed by atoms with Crippen LogP contribution in [0.4, 0.5) is 0 Å². The third-order valence-electron chi connectivity index (χ3n) is 6.84. The van der Waals surface area contributed by atoms with Gasteiger partial charge in [-0.3, -0.25) is 4.90 Å². The Morgan fingerprint density at radius 3 is 2.71 bits per heavy atom. The molecule has 0 saturated carbocycles. The van der Waals surface area contributed by atoms with Crippen LogP contribution in [0.3, 0.4) is 0 Å². The summed E-state index contributed by atoms with van der Waals surface area (Å²) in [4.78, 5) is 13.1. The van der Waals surface area contributed by atoms with Crippen LogP contribution in [-0.2, 0) is 6.54 Å². The normalized spacial score (nSPS) is 17.4. The summed E-state index contributed by atoms with van der Waals surface area (Å²) in [5.74, 6) is 2.59. The Balaban J connectivity index is 1.38. The molecule has 1 saturated heterocycles. The topological polar surface area (TPSA) is 81.2 Å². The van der Waals surface area contributed by atoms with Gasteiger partial charge in [0.05, 0.1) is 18.7 Å². The molecule has 2 aliphatic rings. The van der Waals surface area contributed by atoms with E-state index in [1.54, 1.807) is 6.33 Å². The second-order valence-electron chi connectivity index (χ2n) is 10.0. The van der Waals surface area contributed by atoms with Gasteiger partial charge < -0.3 is 14.4 Å². The lowest BCUT2D eigenvalue weighted by Gasteiger charge is -2.41. The van der Waals surface area contributed by atoms with Crippen LogP contribution in [0, 0.1) is 0 Å². The fraction of sp³-hybridized carbons (Fsp3) is 0.560. The van der Waals surface area contributed by atoms with Crippen molar-refractivity contribution in [1.82, 2.24) is 29.2 Å². The Kier molecular flexibility index (Phi) is 6.43. The summed E-state index contributed by atoms with van der Waals surface area (Å²) in [7, 11) is 0. The number of aromatic nitrogens is 5. The number of aliphatic hydroxyl groups is 1. The molecular formula is C25H34N6O2S. The second kappa shape index (κ2) is 9.36. The summed E-state index contributed by atoms with van der Waals surface area (Å²) in [5.41, 5.74) is 1.72. The molecule has 1 N–H and O–H groups in total. The molecule has 2 aromatic heterocycles. The summed E-state index contributed by atoms with van der Waals surface area (Å²) in [6, 6.07) is 6.70. The number of nitrogens with zero attached hydrogens (tertiary/aromatic N) is 6. The van der Waals surface area contributed by atoms with Crippen LogP contribution in [0.25, 0.3) is 22.9 Å². The van der Waals surface area contributed by atoms with E-state index in [2.05, 4.69) is 71.6 Å². The van der Waals surface area contributed by atoms with Gasteiger partial charge in [0.1, 0.15) is 30.2 Å².